The van der Waals surface area contributed by atoms with Gasteiger partial charge in [0.25, 0.3) is 0 Å². The highest BCUT2D eigenvalue weighted by Gasteiger charge is 2.08. The molecule has 0 aliphatic heterocycles. The first kappa shape index (κ1) is 18.5. The number of halogens is 1. The van der Waals surface area contributed by atoms with Gasteiger partial charge in [0.05, 0.1) is 18.5 Å². The first-order chi connectivity index (χ1) is 13.6. The van der Waals surface area contributed by atoms with Crippen molar-refractivity contribution in [3.63, 3.8) is 0 Å². The van der Waals surface area contributed by atoms with Crippen LogP contribution >= 0.6 is 22.9 Å². The number of aromatic amines is 1. The number of para-hydroxylation sites is 1. The molecule has 0 fully saturated rings. The van der Waals surface area contributed by atoms with Crippen LogP contribution < -0.4 is 4.80 Å². The van der Waals surface area contributed by atoms with Crippen molar-refractivity contribution < 1.29 is 0 Å². The third-order valence-electron chi connectivity index (χ3n) is 4.22. The van der Waals surface area contributed by atoms with E-state index >= 15 is 0 Å². The summed E-state index contributed by atoms with van der Waals surface area (Å²) in [6.45, 7) is 6.47. The molecule has 0 spiro atoms. The first-order valence-corrected chi connectivity index (χ1v) is 10.1. The zero-order chi connectivity index (χ0) is 19.5. The fourth-order valence-corrected chi connectivity index (χ4v) is 3.92. The Bertz CT molecular complexity index is 1240. The van der Waals surface area contributed by atoms with Crippen LogP contribution in [0.4, 0.5) is 0 Å². The van der Waals surface area contributed by atoms with E-state index in [9.17, 15) is 0 Å². The fraction of sp³-hybridized carbons (Fsp3) is 0.0909. The van der Waals surface area contributed by atoms with Crippen LogP contribution in [0.1, 0.15) is 12.5 Å². The number of fused-ring (bicyclic) bond motifs is 1. The molecular formula is C22H19ClN4S. The van der Waals surface area contributed by atoms with Gasteiger partial charge >= 0.3 is 0 Å². The van der Waals surface area contributed by atoms with Gasteiger partial charge < -0.3 is 4.98 Å². The third-order valence-corrected chi connectivity index (χ3v) is 5.31. The summed E-state index contributed by atoms with van der Waals surface area (Å²) in [6, 6.07) is 15.9. The molecule has 2 heterocycles. The van der Waals surface area contributed by atoms with Crippen LogP contribution in [0, 0.1) is 0 Å². The molecule has 4 nitrogen and oxygen atoms in total. The molecule has 2 aromatic heterocycles. The van der Waals surface area contributed by atoms with Gasteiger partial charge in [-0.2, -0.15) is 5.10 Å². The van der Waals surface area contributed by atoms with Crippen LogP contribution in [0.2, 0.25) is 5.02 Å². The highest BCUT2D eigenvalue weighted by molar-refractivity contribution is 7.07. The topological polar surface area (TPSA) is 45.4 Å². The van der Waals surface area contributed by atoms with Crippen LogP contribution in [-0.2, 0) is 0 Å². The average molecular weight is 407 g/mol. The Morgan fingerprint density at radius 2 is 2.11 bits per heavy atom. The number of nitrogens with zero attached hydrogens (tertiary/aromatic N) is 3. The lowest BCUT2D eigenvalue weighted by atomic mass is 10.2. The second-order valence-electron chi connectivity index (χ2n) is 6.53. The number of H-pyrrole nitrogens is 1. The van der Waals surface area contributed by atoms with E-state index in [1.165, 1.54) is 0 Å². The van der Waals surface area contributed by atoms with Crippen LogP contribution in [-0.4, -0.2) is 22.4 Å². The monoisotopic (exact) mass is 406 g/mol. The Balaban J connectivity index is 1.82. The molecule has 2 aromatic carbocycles. The molecule has 0 bridgehead atoms. The summed E-state index contributed by atoms with van der Waals surface area (Å²) in [5, 5.41) is 8.63. The summed E-state index contributed by atoms with van der Waals surface area (Å²) in [6.07, 6.45) is 3.82. The summed E-state index contributed by atoms with van der Waals surface area (Å²) in [5.41, 5.74) is 5.06. The predicted octanol–water partition coefficient (Wildman–Crippen LogP) is 5.71. The average Bonchev–Trinajstić information content (AvgIpc) is 3.28. The van der Waals surface area contributed by atoms with Crippen molar-refractivity contribution in [2.45, 2.75) is 6.92 Å². The summed E-state index contributed by atoms with van der Waals surface area (Å²) in [5.74, 6) is 0. The number of aromatic nitrogens is 2. The van der Waals surface area contributed by atoms with Gasteiger partial charge in [0.2, 0.25) is 4.80 Å². The Morgan fingerprint density at radius 3 is 2.93 bits per heavy atom. The smallest absolute Gasteiger partial charge is 0.206 e. The molecule has 0 aliphatic carbocycles. The minimum absolute atomic E-state index is 0.568. The van der Waals surface area contributed by atoms with Gasteiger partial charge in [-0.1, -0.05) is 54.1 Å². The van der Waals surface area contributed by atoms with E-state index in [2.05, 4.69) is 34.1 Å². The van der Waals surface area contributed by atoms with E-state index in [1.54, 1.807) is 11.3 Å². The molecule has 0 saturated carbocycles. The molecule has 0 radical (unpaired) electrons. The minimum Gasteiger partial charge on any atom is -0.361 e. The molecule has 28 heavy (non-hydrogen) atoms. The van der Waals surface area contributed by atoms with Crippen LogP contribution in [0.25, 0.3) is 22.2 Å². The first-order valence-electron chi connectivity index (χ1n) is 8.83. The van der Waals surface area contributed by atoms with Gasteiger partial charge in [0.15, 0.2) is 0 Å². The van der Waals surface area contributed by atoms with Gasteiger partial charge in [-0.05, 0) is 25.1 Å². The molecule has 4 aromatic rings. The van der Waals surface area contributed by atoms with Crippen molar-refractivity contribution in [1.29, 1.82) is 0 Å². The normalized spacial score (nSPS) is 12.3. The second-order valence-corrected chi connectivity index (χ2v) is 7.81. The third kappa shape index (κ3) is 3.86. The maximum absolute atomic E-state index is 6.20. The number of nitrogens with one attached hydrogen (secondary N) is 1. The summed E-state index contributed by atoms with van der Waals surface area (Å²) in [7, 11) is 0. The quantitative estimate of drug-likeness (QED) is 0.326. The Kier molecular flexibility index (Phi) is 5.28. The molecule has 0 amide bonds. The lowest BCUT2D eigenvalue weighted by Crippen LogP contribution is -2.13. The Labute approximate surface area is 172 Å². The van der Waals surface area contributed by atoms with Crippen LogP contribution in [0.5, 0.6) is 0 Å². The van der Waals surface area contributed by atoms with Crippen molar-refractivity contribution in [3.05, 3.63) is 87.6 Å². The maximum atomic E-state index is 6.20. The predicted molar refractivity (Wildman–Crippen MR) is 119 cm³/mol. The molecule has 1 N–H and O–H groups in total. The number of thiazole rings is 1. The van der Waals surface area contributed by atoms with Gasteiger partial charge in [0.1, 0.15) is 0 Å². The van der Waals surface area contributed by atoms with E-state index in [1.807, 2.05) is 60.4 Å². The van der Waals surface area contributed by atoms with Crippen molar-refractivity contribution >= 4 is 40.1 Å². The number of rotatable bonds is 5. The van der Waals surface area contributed by atoms with Gasteiger partial charge in [-0.3, -0.25) is 4.99 Å². The molecule has 0 atom stereocenters. The standard InChI is InChI=1S/C22H19ClN4S/c1-15(2)11-25-22-27(21(14-28-22)16-6-5-7-18(23)10-16)26-13-17-12-24-20-9-4-3-8-19(17)20/h3-10,12-14,24H,1,11H2,2H3. The lowest BCUT2D eigenvalue weighted by Gasteiger charge is -2.04. The van der Waals surface area contributed by atoms with Gasteiger partial charge in [0, 0.05) is 38.6 Å². The van der Waals surface area contributed by atoms with E-state index in [-0.39, 0.29) is 0 Å². The fourth-order valence-electron chi connectivity index (χ4n) is 2.89. The zero-order valence-corrected chi connectivity index (χ0v) is 17.0. The van der Waals surface area contributed by atoms with E-state index < -0.39 is 0 Å². The Hall–Kier alpha value is -2.89. The van der Waals surface area contributed by atoms with Crippen LogP contribution in [0.3, 0.4) is 0 Å². The van der Waals surface area contributed by atoms with Gasteiger partial charge in [-0.15, -0.1) is 11.3 Å². The molecule has 4 rings (SSSR count). The SMILES string of the molecule is C=C(C)CN=c1scc(-c2cccc(Cl)c2)n1N=Cc1c[nH]c2ccccc12. The minimum atomic E-state index is 0.568. The summed E-state index contributed by atoms with van der Waals surface area (Å²) in [4.78, 5) is 8.75. The maximum Gasteiger partial charge on any atom is 0.206 e. The van der Waals surface area contributed by atoms with Crippen molar-refractivity contribution in [3.8, 4) is 11.3 Å². The lowest BCUT2D eigenvalue weighted by molar-refractivity contribution is 0.836. The number of benzene rings is 2. The zero-order valence-electron chi connectivity index (χ0n) is 15.4. The van der Waals surface area contributed by atoms with E-state index in [4.69, 9.17) is 16.7 Å². The second kappa shape index (κ2) is 8.00. The van der Waals surface area contributed by atoms with E-state index in [0.717, 1.165) is 38.1 Å². The van der Waals surface area contributed by atoms with Crippen molar-refractivity contribution in [2.75, 3.05) is 6.54 Å². The summed E-state index contributed by atoms with van der Waals surface area (Å²) < 4.78 is 1.86. The molecule has 0 aliphatic rings. The molecular weight excluding hydrogens is 388 g/mol. The molecule has 6 heteroatoms. The van der Waals surface area contributed by atoms with Crippen molar-refractivity contribution in [1.82, 2.24) is 9.66 Å². The number of hydrogen-bond donors (Lipinski definition) is 1. The largest absolute Gasteiger partial charge is 0.361 e. The molecule has 0 unspecified atom stereocenters. The highest BCUT2D eigenvalue weighted by atomic mass is 35.5. The summed E-state index contributed by atoms with van der Waals surface area (Å²) >= 11 is 7.75. The van der Waals surface area contributed by atoms with E-state index in [0.29, 0.717) is 11.6 Å². The van der Waals surface area contributed by atoms with Crippen molar-refractivity contribution in [2.24, 2.45) is 10.1 Å². The molecule has 0 saturated heterocycles. The van der Waals surface area contributed by atoms with Gasteiger partial charge in [-0.25, -0.2) is 4.68 Å². The molecule has 140 valence electrons. The highest BCUT2D eigenvalue weighted by Crippen LogP contribution is 2.23. The Morgan fingerprint density at radius 1 is 1.25 bits per heavy atom. The number of hydrogen-bond acceptors (Lipinski definition) is 3. The van der Waals surface area contributed by atoms with Crippen LogP contribution in [0.15, 0.2) is 82.4 Å².